The molecule has 122 valence electrons. The summed E-state index contributed by atoms with van der Waals surface area (Å²) in [6.07, 6.45) is -0.666. The summed E-state index contributed by atoms with van der Waals surface area (Å²) in [7, 11) is 0. The molecular formula is C15H16ClN3O3S. The number of hydrogen-bond acceptors (Lipinski definition) is 5. The predicted molar refractivity (Wildman–Crippen MR) is 89.9 cm³/mol. The van der Waals surface area contributed by atoms with Crippen molar-refractivity contribution in [2.24, 2.45) is 5.73 Å². The molecule has 1 aromatic carbocycles. The van der Waals surface area contributed by atoms with Crippen LogP contribution in [-0.4, -0.2) is 22.9 Å². The number of anilines is 1. The Morgan fingerprint density at radius 2 is 2.22 bits per heavy atom. The third-order valence-corrected chi connectivity index (χ3v) is 3.99. The van der Waals surface area contributed by atoms with Gasteiger partial charge >= 0.3 is 0 Å². The van der Waals surface area contributed by atoms with Gasteiger partial charge < -0.3 is 10.5 Å². The van der Waals surface area contributed by atoms with E-state index in [1.165, 1.54) is 11.3 Å². The van der Waals surface area contributed by atoms with Crippen LogP contribution >= 0.6 is 22.9 Å². The molecule has 1 aromatic heterocycles. The van der Waals surface area contributed by atoms with Gasteiger partial charge in [-0.1, -0.05) is 11.6 Å². The molecule has 0 aliphatic rings. The highest BCUT2D eigenvalue weighted by Crippen LogP contribution is 2.23. The fraction of sp³-hybridized carbons (Fsp3) is 0.267. The summed E-state index contributed by atoms with van der Waals surface area (Å²) in [6, 6.07) is 5.18. The van der Waals surface area contributed by atoms with Crippen molar-refractivity contribution in [3.8, 4) is 5.75 Å². The summed E-state index contributed by atoms with van der Waals surface area (Å²) in [6.45, 7) is 3.49. The van der Waals surface area contributed by atoms with Gasteiger partial charge in [0.25, 0.3) is 5.91 Å². The van der Waals surface area contributed by atoms with E-state index in [1.807, 2.05) is 6.92 Å². The predicted octanol–water partition coefficient (Wildman–Crippen LogP) is 2.54. The van der Waals surface area contributed by atoms with E-state index in [1.54, 1.807) is 30.5 Å². The van der Waals surface area contributed by atoms with Crippen LogP contribution in [-0.2, 0) is 16.0 Å². The minimum absolute atomic E-state index is 0.0440. The first-order valence-electron chi connectivity index (χ1n) is 6.81. The highest BCUT2D eigenvalue weighted by Gasteiger charge is 2.17. The van der Waals surface area contributed by atoms with Crippen LogP contribution in [0.4, 0.5) is 5.13 Å². The van der Waals surface area contributed by atoms with E-state index in [4.69, 9.17) is 22.1 Å². The van der Waals surface area contributed by atoms with Crippen molar-refractivity contribution < 1.29 is 14.3 Å². The summed E-state index contributed by atoms with van der Waals surface area (Å²) in [4.78, 5) is 27.1. The van der Waals surface area contributed by atoms with Crippen LogP contribution in [0.5, 0.6) is 5.75 Å². The average molecular weight is 354 g/mol. The van der Waals surface area contributed by atoms with Crippen LogP contribution in [0.25, 0.3) is 0 Å². The average Bonchev–Trinajstić information content (AvgIpc) is 2.88. The Bertz CT molecular complexity index is 733. The van der Waals surface area contributed by atoms with Gasteiger partial charge in [0.15, 0.2) is 11.2 Å². The lowest BCUT2D eigenvalue weighted by molar-refractivity contribution is -0.122. The van der Waals surface area contributed by atoms with E-state index in [0.717, 1.165) is 5.56 Å². The number of nitrogens with two attached hydrogens (primary N) is 1. The molecule has 0 fully saturated rings. The number of rotatable bonds is 6. The normalized spacial score (nSPS) is 11.8. The second kappa shape index (κ2) is 7.43. The SMILES string of the molecule is Cc1cc(Cl)ccc1O[C@H](C)C(=O)Nc1nc(CC(N)=O)cs1. The number of aromatic nitrogens is 1. The minimum Gasteiger partial charge on any atom is -0.481 e. The molecule has 0 aliphatic carbocycles. The summed E-state index contributed by atoms with van der Waals surface area (Å²) in [5, 5.41) is 5.33. The third kappa shape index (κ3) is 4.94. The van der Waals surface area contributed by atoms with Crippen molar-refractivity contribution in [3.63, 3.8) is 0 Å². The number of aryl methyl sites for hydroxylation is 1. The van der Waals surface area contributed by atoms with E-state index in [-0.39, 0.29) is 12.3 Å². The van der Waals surface area contributed by atoms with Gasteiger partial charge in [-0.15, -0.1) is 11.3 Å². The molecule has 0 unspecified atom stereocenters. The summed E-state index contributed by atoms with van der Waals surface area (Å²) < 4.78 is 5.64. The number of carbonyl (C=O) groups is 2. The number of amides is 2. The second-order valence-electron chi connectivity index (χ2n) is 4.95. The third-order valence-electron chi connectivity index (χ3n) is 2.95. The molecule has 0 spiro atoms. The molecule has 1 heterocycles. The van der Waals surface area contributed by atoms with Crippen LogP contribution in [0.15, 0.2) is 23.6 Å². The Morgan fingerprint density at radius 1 is 1.48 bits per heavy atom. The standard InChI is InChI=1S/C15H16ClN3O3S/c1-8-5-10(16)3-4-12(8)22-9(2)14(21)19-15-18-11(7-23-15)6-13(17)20/h3-5,7,9H,6H2,1-2H3,(H2,17,20)(H,18,19,21)/t9-/m1/s1. The topological polar surface area (TPSA) is 94.3 Å². The van der Waals surface area contributed by atoms with Gasteiger partial charge in [-0.3, -0.25) is 14.9 Å². The molecule has 0 bridgehead atoms. The van der Waals surface area contributed by atoms with Gasteiger partial charge in [0.2, 0.25) is 5.91 Å². The van der Waals surface area contributed by atoms with Crippen LogP contribution in [0.1, 0.15) is 18.2 Å². The molecule has 0 aliphatic heterocycles. The van der Waals surface area contributed by atoms with Gasteiger partial charge in [-0.25, -0.2) is 4.98 Å². The Morgan fingerprint density at radius 3 is 2.87 bits per heavy atom. The lowest BCUT2D eigenvalue weighted by Gasteiger charge is -2.15. The number of halogens is 1. The maximum Gasteiger partial charge on any atom is 0.266 e. The Balaban J connectivity index is 1.97. The van der Waals surface area contributed by atoms with E-state index in [9.17, 15) is 9.59 Å². The lowest BCUT2D eigenvalue weighted by atomic mass is 10.2. The first-order valence-corrected chi connectivity index (χ1v) is 8.07. The van der Waals surface area contributed by atoms with Crippen molar-refractivity contribution in [2.45, 2.75) is 26.4 Å². The summed E-state index contributed by atoms with van der Waals surface area (Å²) in [5.74, 6) is -0.215. The molecule has 0 saturated heterocycles. The molecule has 6 nitrogen and oxygen atoms in total. The van der Waals surface area contributed by atoms with Gasteiger partial charge in [0.1, 0.15) is 5.75 Å². The fourth-order valence-electron chi connectivity index (χ4n) is 1.82. The van der Waals surface area contributed by atoms with Crippen molar-refractivity contribution in [1.29, 1.82) is 0 Å². The van der Waals surface area contributed by atoms with E-state index in [0.29, 0.717) is 21.6 Å². The summed E-state index contributed by atoms with van der Waals surface area (Å²) in [5.41, 5.74) is 6.47. The van der Waals surface area contributed by atoms with Crippen LogP contribution in [0.2, 0.25) is 5.02 Å². The number of primary amides is 1. The zero-order chi connectivity index (χ0) is 17.0. The zero-order valence-electron chi connectivity index (χ0n) is 12.6. The molecule has 1 atom stereocenters. The van der Waals surface area contributed by atoms with E-state index in [2.05, 4.69) is 10.3 Å². The Hall–Kier alpha value is -2.12. The molecule has 0 saturated carbocycles. The fourth-order valence-corrected chi connectivity index (χ4v) is 2.76. The van der Waals surface area contributed by atoms with Gasteiger partial charge in [-0.2, -0.15) is 0 Å². The number of benzene rings is 1. The molecule has 0 radical (unpaired) electrons. The van der Waals surface area contributed by atoms with Gasteiger partial charge in [-0.05, 0) is 37.6 Å². The van der Waals surface area contributed by atoms with Crippen LogP contribution in [0.3, 0.4) is 0 Å². The quantitative estimate of drug-likeness (QED) is 0.834. The highest BCUT2D eigenvalue weighted by molar-refractivity contribution is 7.13. The molecule has 2 aromatic rings. The highest BCUT2D eigenvalue weighted by atomic mass is 35.5. The first kappa shape index (κ1) is 17.2. The lowest BCUT2D eigenvalue weighted by Crippen LogP contribution is -2.30. The number of carbonyl (C=O) groups excluding carboxylic acids is 2. The van der Waals surface area contributed by atoms with Crippen molar-refractivity contribution in [3.05, 3.63) is 39.9 Å². The number of thiazole rings is 1. The molecule has 2 amide bonds. The number of nitrogens with one attached hydrogen (secondary N) is 1. The van der Waals surface area contributed by atoms with Gasteiger partial charge in [0, 0.05) is 10.4 Å². The summed E-state index contributed by atoms with van der Waals surface area (Å²) >= 11 is 7.11. The molecule has 8 heteroatoms. The van der Waals surface area contributed by atoms with Gasteiger partial charge in [0.05, 0.1) is 12.1 Å². The molecule has 23 heavy (non-hydrogen) atoms. The monoisotopic (exact) mass is 353 g/mol. The smallest absolute Gasteiger partial charge is 0.266 e. The number of hydrogen-bond donors (Lipinski definition) is 2. The largest absolute Gasteiger partial charge is 0.481 e. The van der Waals surface area contributed by atoms with Crippen LogP contribution in [0, 0.1) is 6.92 Å². The maximum absolute atomic E-state index is 12.1. The molecule has 3 N–H and O–H groups in total. The van der Waals surface area contributed by atoms with Crippen molar-refractivity contribution in [2.75, 3.05) is 5.32 Å². The van der Waals surface area contributed by atoms with E-state index >= 15 is 0 Å². The Labute approximate surface area is 142 Å². The van der Waals surface area contributed by atoms with Crippen molar-refractivity contribution in [1.82, 2.24) is 4.98 Å². The zero-order valence-corrected chi connectivity index (χ0v) is 14.2. The second-order valence-corrected chi connectivity index (χ2v) is 6.24. The number of ether oxygens (including phenoxy) is 1. The van der Waals surface area contributed by atoms with Crippen LogP contribution < -0.4 is 15.8 Å². The maximum atomic E-state index is 12.1. The minimum atomic E-state index is -0.710. The van der Waals surface area contributed by atoms with Crippen molar-refractivity contribution >= 4 is 39.9 Å². The first-order chi connectivity index (χ1) is 10.8. The van der Waals surface area contributed by atoms with E-state index < -0.39 is 12.0 Å². The molecular weight excluding hydrogens is 338 g/mol. The Kier molecular flexibility index (Phi) is 5.57. The molecule has 2 rings (SSSR count). The number of nitrogens with zero attached hydrogens (tertiary/aromatic N) is 1.